The van der Waals surface area contributed by atoms with E-state index in [0.717, 1.165) is 5.01 Å². The number of aromatic nitrogens is 1. The smallest absolute Gasteiger partial charge is 0.335 e. The van der Waals surface area contributed by atoms with E-state index < -0.39 is 11.6 Å². The third kappa shape index (κ3) is 2.83. The van der Waals surface area contributed by atoms with Crippen LogP contribution in [0.2, 0.25) is 0 Å². The number of amides is 1. The molecule has 0 spiro atoms. The molecule has 1 aromatic heterocycles. The van der Waals surface area contributed by atoms with Gasteiger partial charge in [-0.15, -0.1) is 11.3 Å². The van der Waals surface area contributed by atoms with Crippen molar-refractivity contribution in [1.29, 1.82) is 0 Å². The molecule has 6 nitrogen and oxygen atoms in total. The first-order valence-electron chi connectivity index (χ1n) is 6.54. The first-order chi connectivity index (χ1) is 9.33. The number of aliphatic carboxylic acids is 1. The predicted molar refractivity (Wildman–Crippen MR) is 73.9 cm³/mol. The summed E-state index contributed by atoms with van der Waals surface area (Å²) in [6, 6.07) is 0. The lowest BCUT2D eigenvalue weighted by Gasteiger charge is -2.35. The number of carboxylic acid groups (broad SMARTS) is 1. The molecule has 1 fully saturated rings. The van der Waals surface area contributed by atoms with Crippen LogP contribution in [0.5, 0.6) is 0 Å². The lowest BCUT2D eigenvalue weighted by atomic mass is 9.91. The van der Waals surface area contributed by atoms with Gasteiger partial charge in [0.15, 0.2) is 5.60 Å². The zero-order valence-corrected chi connectivity index (χ0v) is 12.3. The minimum Gasteiger partial charge on any atom is -0.479 e. The largest absolute Gasteiger partial charge is 0.479 e. The minimum absolute atomic E-state index is 0.0594. The number of aliphatic hydroxyl groups is 1. The van der Waals surface area contributed by atoms with Crippen molar-refractivity contribution in [2.24, 2.45) is 0 Å². The summed E-state index contributed by atoms with van der Waals surface area (Å²) in [6.07, 6.45) is 1.69. The van der Waals surface area contributed by atoms with Gasteiger partial charge in [-0.3, -0.25) is 4.79 Å². The van der Waals surface area contributed by atoms with Gasteiger partial charge in [0.25, 0.3) is 5.91 Å². The first kappa shape index (κ1) is 14.9. The number of hydrogen-bond acceptors (Lipinski definition) is 5. The van der Waals surface area contributed by atoms with Gasteiger partial charge in [-0.05, 0) is 0 Å². The molecule has 2 rings (SSSR count). The molecule has 2 heterocycles. The topological polar surface area (TPSA) is 90.7 Å². The second kappa shape index (κ2) is 5.49. The molecule has 0 saturated carbocycles. The average Bonchev–Trinajstić information content (AvgIpc) is 2.88. The van der Waals surface area contributed by atoms with E-state index in [1.165, 1.54) is 11.3 Å². The van der Waals surface area contributed by atoms with Gasteiger partial charge in [-0.2, -0.15) is 0 Å². The Labute approximate surface area is 121 Å². The molecule has 0 atom stereocenters. The normalized spacial score (nSPS) is 18.3. The number of carbonyl (C=O) groups is 2. The fourth-order valence-corrected chi connectivity index (χ4v) is 2.99. The van der Waals surface area contributed by atoms with Crippen LogP contribution in [-0.2, 0) is 4.79 Å². The molecule has 0 aromatic carbocycles. The molecule has 1 amide bonds. The van der Waals surface area contributed by atoms with Crippen LogP contribution in [0.3, 0.4) is 0 Å². The van der Waals surface area contributed by atoms with Crippen LogP contribution < -0.4 is 0 Å². The lowest BCUT2D eigenvalue weighted by Crippen LogP contribution is -2.50. The van der Waals surface area contributed by atoms with Gasteiger partial charge in [0.2, 0.25) is 0 Å². The van der Waals surface area contributed by atoms with E-state index >= 15 is 0 Å². The second-order valence-electron chi connectivity index (χ2n) is 5.35. The monoisotopic (exact) mass is 298 g/mol. The summed E-state index contributed by atoms with van der Waals surface area (Å²) in [4.78, 5) is 29.6. The number of carbonyl (C=O) groups excluding carboxylic acids is 1. The highest BCUT2D eigenvalue weighted by molar-refractivity contribution is 7.13. The lowest BCUT2D eigenvalue weighted by molar-refractivity contribution is -0.162. The van der Waals surface area contributed by atoms with Crippen LogP contribution in [0.15, 0.2) is 6.20 Å². The summed E-state index contributed by atoms with van der Waals surface area (Å²) in [5.74, 6) is -1.08. The van der Waals surface area contributed by atoms with Crippen LogP contribution in [0.25, 0.3) is 0 Å². The summed E-state index contributed by atoms with van der Waals surface area (Å²) in [5, 5.41) is 19.7. The van der Waals surface area contributed by atoms with Crippen molar-refractivity contribution in [3.63, 3.8) is 0 Å². The number of likely N-dealkylation sites (tertiary alicyclic amines) is 1. The molecule has 1 saturated heterocycles. The van der Waals surface area contributed by atoms with Gasteiger partial charge >= 0.3 is 5.97 Å². The average molecular weight is 298 g/mol. The summed E-state index contributed by atoms with van der Waals surface area (Å²) in [6.45, 7) is 4.52. The Bertz CT molecular complexity index is 518. The summed E-state index contributed by atoms with van der Waals surface area (Å²) in [5.41, 5.74) is -1.70. The highest BCUT2D eigenvalue weighted by Gasteiger charge is 2.40. The van der Waals surface area contributed by atoms with E-state index in [1.54, 1.807) is 11.1 Å². The number of thiazole rings is 1. The first-order valence-corrected chi connectivity index (χ1v) is 7.36. The van der Waals surface area contributed by atoms with E-state index in [-0.39, 0.29) is 37.8 Å². The number of nitrogens with zero attached hydrogens (tertiary/aromatic N) is 2. The van der Waals surface area contributed by atoms with Crippen LogP contribution in [0.1, 0.15) is 47.3 Å². The predicted octanol–water partition coefficient (Wildman–Crippen LogP) is 1.32. The van der Waals surface area contributed by atoms with Gasteiger partial charge in [-0.25, -0.2) is 9.78 Å². The molecule has 7 heteroatoms. The van der Waals surface area contributed by atoms with Gasteiger partial charge in [0.1, 0.15) is 4.88 Å². The Hall–Kier alpha value is -1.47. The molecule has 0 unspecified atom stereocenters. The number of hydrogen-bond donors (Lipinski definition) is 2. The third-order valence-corrected chi connectivity index (χ3v) is 4.79. The SMILES string of the molecule is CC(C)c1ncc(C(=O)N2CCC(O)(C(=O)O)CC2)s1. The van der Waals surface area contributed by atoms with E-state index in [0.29, 0.717) is 4.88 Å². The Kier molecular flexibility index (Phi) is 4.10. The standard InChI is InChI=1S/C13H18N2O4S/c1-8(2)10-14-7-9(20-10)11(16)15-5-3-13(19,4-6-15)12(17)18/h7-8,19H,3-6H2,1-2H3,(H,17,18). The Balaban J connectivity index is 2.03. The number of rotatable bonds is 3. The Morgan fingerprint density at radius 1 is 1.40 bits per heavy atom. The molecular formula is C13H18N2O4S. The third-order valence-electron chi connectivity index (χ3n) is 3.50. The Morgan fingerprint density at radius 3 is 2.45 bits per heavy atom. The Morgan fingerprint density at radius 2 is 2.00 bits per heavy atom. The molecule has 2 N–H and O–H groups in total. The quantitative estimate of drug-likeness (QED) is 0.878. The van der Waals surface area contributed by atoms with Crippen LogP contribution in [0, 0.1) is 0 Å². The second-order valence-corrected chi connectivity index (χ2v) is 6.41. The molecule has 0 radical (unpaired) electrons. The molecule has 1 aliphatic heterocycles. The molecule has 20 heavy (non-hydrogen) atoms. The van der Waals surface area contributed by atoms with Crippen LogP contribution in [-0.4, -0.2) is 50.7 Å². The zero-order chi connectivity index (χ0) is 14.9. The fourth-order valence-electron chi connectivity index (χ4n) is 2.10. The van der Waals surface area contributed by atoms with E-state index in [2.05, 4.69) is 4.98 Å². The maximum absolute atomic E-state index is 12.3. The van der Waals surface area contributed by atoms with Crippen molar-refractivity contribution in [1.82, 2.24) is 9.88 Å². The molecular weight excluding hydrogens is 280 g/mol. The van der Waals surface area contributed by atoms with Crippen LogP contribution in [0.4, 0.5) is 0 Å². The minimum atomic E-state index is -1.70. The highest BCUT2D eigenvalue weighted by atomic mass is 32.1. The van der Waals surface area contributed by atoms with Gasteiger partial charge in [0.05, 0.1) is 11.2 Å². The van der Waals surface area contributed by atoms with E-state index in [4.69, 9.17) is 5.11 Å². The van der Waals surface area contributed by atoms with Crippen molar-refractivity contribution < 1.29 is 19.8 Å². The van der Waals surface area contributed by atoms with E-state index in [9.17, 15) is 14.7 Å². The molecule has 0 aliphatic carbocycles. The van der Waals surface area contributed by atoms with Gasteiger partial charge < -0.3 is 15.1 Å². The van der Waals surface area contributed by atoms with E-state index in [1.807, 2.05) is 13.8 Å². The molecule has 110 valence electrons. The molecule has 1 aromatic rings. The van der Waals surface area contributed by atoms with Crippen molar-refractivity contribution >= 4 is 23.2 Å². The van der Waals surface area contributed by atoms with Crippen LogP contribution >= 0.6 is 11.3 Å². The summed E-state index contributed by atoms with van der Waals surface area (Å²) in [7, 11) is 0. The molecule has 1 aliphatic rings. The van der Waals surface area contributed by atoms with Gasteiger partial charge in [0, 0.05) is 31.8 Å². The molecule has 0 bridgehead atoms. The van der Waals surface area contributed by atoms with Gasteiger partial charge in [-0.1, -0.05) is 13.8 Å². The zero-order valence-electron chi connectivity index (χ0n) is 11.5. The van der Waals surface area contributed by atoms with Crippen molar-refractivity contribution in [2.45, 2.75) is 38.2 Å². The highest BCUT2D eigenvalue weighted by Crippen LogP contribution is 2.26. The summed E-state index contributed by atoms with van der Waals surface area (Å²) < 4.78 is 0. The number of piperidine rings is 1. The number of carboxylic acids is 1. The maximum atomic E-state index is 12.3. The fraction of sp³-hybridized carbons (Fsp3) is 0.615. The summed E-state index contributed by atoms with van der Waals surface area (Å²) >= 11 is 1.37. The van der Waals surface area contributed by atoms with Crippen molar-refractivity contribution in [3.8, 4) is 0 Å². The maximum Gasteiger partial charge on any atom is 0.335 e. The van der Waals surface area contributed by atoms with Crippen molar-refractivity contribution in [2.75, 3.05) is 13.1 Å². The van der Waals surface area contributed by atoms with Crippen molar-refractivity contribution in [3.05, 3.63) is 16.1 Å².